The van der Waals surface area contributed by atoms with E-state index in [4.69, 9.17) is 0 Å². The number of halogens is 1. The van der Waals surface area contributed by atoms with Crippen molar-refractivity contribution in [3.63, 3.8) is 0 Å². The van der Waals surface area contributed by atoms with E-state index < -0.39 is 0 Å². The first kappa shape index (κ1) is 7.98. The summed E-state index contributed by atoms with van der Waals surface area (Å²) in [7, 11) is 0. The molecule has 0 atom stereocenters. The van der Waals surface area contributed by atoms with Gasteiger partial charge in [-0.1, -0.05) is 18.2 Å². The van der Waals surface area contributed by atoms with E-state index in [0.717, 1.165) is 17.0 Å². The molecule has 1 aromatic heterocycles. The van der Waals surface area contributed by atoms with Crippen molar-refractivity contribution < 1.29 is 4.39 Å². The van der Waals surface area contributed by atoms with E-state index in [1.807, 2.05) is 13.0 Å². The molecule has 2 aromatic rings. The van der Waals surface area contributed by atoms with E-state index in [0.29, 0.717) is 0 Å². The summed E-state index contributed by atoms with van der Waals surface area (Å²) in [5, 5.41) is 7.81. The van der Waals surface area contributed by atoms with Crippen molar-refractivity contribution in [1.82, 2.24) is 10.2 Å². The average molecular weight is 175 g/mol. The fraction of sp³-hybridized carbons (Fsp3) is 0.100. The van der Waals surface area contributed by atoms with Gasteiger partial charge in [0.25, 0.3) is 0 Å². The minimum absolute atomic E-state index is 0.236. The third-order valence-corrected chi connectivity index (χ3v) is 1.80. The number of nitrogens with zero attached hydrogens (tertiary/aromatic N) is 2. The predicted octanol–water partition coefficient (Wildman–Crippen LogP) is 2.15. The predicted molar refractivity (Wildman–Crippen MR) is 47.7 cm³/mol. The molecule has 0 spiro atoms. The normalized spacial score (nSPS) is 10.3. The fourth-order valence-corrected chi connectivity index (χ4v) is 1.15. The molecule has 0 amide bonds. The first-order valence-corrected chi connectivity index (χ1v) is 3.98. The third-order valence-electron chi connectivity index (χ3n) is 1.80. The summed E-state index contributed by atoms with van der Waals surface area (Å²) in [5.74, 6) is -0.236. The lowest BCUT2D eigenvalue weighted by molar-refractivity contribution is 0.628. The maximum absolute atomic E-state index is 12.6. The van der Waals surface area contributed by atoms with Gasteiger partial charge < -0.3 is 10.2 Å². The smallest absolute Gasteiger partial charge is 0.123 e. The van der Waals surface area contributed by atoms with E-state index in [9.17, 15) is 4.39 Å². The molecule has 0 fully saturated rings. The molecule has 0 unspecified atom stereocenters. The van der Waals surface area contributed by atoms with Gasteiger partial charge >= 0.3 is 0 Å². The van der Waals surface area contributed by atoms with Crippen LogP contribution in [0.25, 0.3) is 11.3 Å². The third kappa shape index (κ3) is 1.59. The van der Waals surface area contributed by atoms with E-state index >= 15 is 0 Å². The van der Waals surface area contributed by atoms with Gasteiger partial charge in [-0.3, -0.25) is 0 Å². The number of rotatable bonds is 1. The average Bonchev–Trinajstić information content (AvgIpc) is 2.53. The van der Waals surface area contributed by atoms with Crippen molar-refractivity contribution in [2.24, 2.45) is 0 Å². The van der Waals surface area contributed by atoms with Crippen LogP contribution in [-0.2, 0) is 0 Å². The van der Waals surface area contributed by atoms with Crippen LogP contribution in [0.5, 0.6) is 0 Å². The van der Waals surface area contributed by atoms with Gasteiger partial charge in [0.15, 0.2) is 0 Å². The molecule has 0 aliphatic carbocycles. The zero-order valence-electron chi connectivity index (χ0n) is 7.16. The highest BCUT2D eigenvalue weighted by atomic mass is 19.1. The van der Waals surface area contributed by atoms with Crippen LogP contribution >= 0.6 is 0 Å². The SMILES string of the molecule is Cc1cc(-c2ccc(F)cc2)[n-]n1. The number of benzene rings is 1. The molecule has 66 valence electrons. The van der Waals surface area contributed by atoms with E-state index in [1.165, 1.54) is 12.1 Å². The van der Waals surface area contributed by atoms with Crippen molar-refractivity contribution in [3.05, 3.63) is 41.8 Å². The van der Waals surface area contributed by atoms with Crippen LogP contribution in [0.1, 0.15) is 5.69 Å². The fourth-order valence-electron chi connectivity index (χ4n) is 1.15. The van der Waals surface area contributed by atoms with Crippen LogP contribution in [-0.4, -0.2) is 5.10 Å². The molecule has 13 heavy (non-hydrogen) atoms. The van der Waals surface area contributed by atoms with Gasteiger partial charge in [0.05, 0.1) is 0 Å². The van der Waals surface area contributed by atoms with Crippen molar-refractivity contribution in [2.75, 3.05) is 0 Å². The molecule has 0 saturated heterocycles. The van der Waals surface area contributed by atoms with Crippen LogP contribution in [0.3, 0.4) is 0 Å². The Bertz CT molecular complexity index is 403. The number of hydrogen-bond donors (Lipinski definition) is 0. The molecule has 2 rings (SSSR count). The van der Waals surface area contributed by atoms with Crippen LogP contribution in [0.15, 0.2) is 30.3 Å². The minimum atomic E-state index is -0.236. The van der Waals surface area contributed by atoms with E-state index in [-0.39, 0.29) is 5.82 Å². The minimum Gasteiger partial charge on any atom is -0.575 e. The van der Waals surface area contributed by atoms with Crippen molar-refractivity contribution in [3.8, 4) is 11.3 Å². The molecule has 1 heterocycles. The van der Waals surface area contributed by atoms with Crippen LogP contribution in [0.4, 0.5) is 4.39 Å². The monoisotopic (exact) mass is 175 g/mol. The molecule has 0 aliphatic rings. The molecule has 0 bridgehead atoms. The number of aromatic nitrogens is 2. The highest BCUT2D eigenvalue weighted by Gasteiger charge is 1.93. The lowest BCUT2D eigenvalue weighted by Gasteiger charge is -2.03. The highest BCUT2D eigenvalue weighted by molar-refractivity contribution is 5.58. The standard InChI is InChI=1S/C10H8FN2/c1-7-6-10(13-12-7)8-2-4-9(11)5-3-8/h2-6H,1H3/q-1. The summed E-state index contributed by atoms with van der Waals surface area (Å²) in [6.07, 6.45) is 0. The second kappa shape index (κ2) is 3.01. The zero-order valence-corrected chi connectivity index (χ0v) is 7.16. The Labute approximate surface area is 75.4 Å². The second-order valence-corrected chi connectivity index (χ2v) is 2.88. The summed E-state index contributed by atoms with van der Waals surface area (Å²) in [4.78, 5) is 0. The number of hydrogen-bond acceptors (Lipinski definition) is 1. The maximum atomic E-state index is 12.6. The Morgan fingerprint density at radius 2 is 1.92 bits per heavy atom. The first-order chi connectivity index (χ1) is 6.25. The Hall–Kier alpha value is -1.64. The van der Waals surface area contributed by atoms with Gasteiger partial charge in [0, 0.05) is 5.69 Å². The summed E-state index contributed by atoms with van der Waals surface area (Å²) >= 11 is 0. The van der Waals surface area contributed by atoms with Crippen LogP contribution in [0, 0.1) is 12.7 Å². The van der Waals surface area contributed by atoms with Crippen LogP contribution in [0.2, 0.25) is 0 Å². The van der Waals surface area contributed by atoms with Crippen molar-refractivity contribution in [2.45, 2.75) is 6.92 Å². The summed E-state index contributed by atoms with van der Waals surface area (Å²) in [6, 6.07) is 8.09. The van der Waals surface area contributed by atoms with Gasteiger partial charge in [-0.25, -0.2) is 4.39 Å². The Balaban J connectivity index is 2.41. The molecule has 1 aromatic carbocycles. The molecule has 0 saturated carbocycles. The Morgan fingerprint density at radius 1 is 1.23 bits per heavy atom. The summed E-state index contributed by atoms with van der Waals surface area (Å²) in [6.45, 7) is 1.88. The highest BCUT2D eigenvalue weighted by Crippen LogP contribution is 2.16. The molecule has 0 N–H and O–H groups in total. The topological polar surface area (TPSA) is 27.0 Å². The van der Waals surface area contributed by atoms with Gasteiger partial charge in [-0.15, -0.1) is 5.69 Å². The van der Waals surface area contributed by atoms with Crippen molar-refractivity contribution in [1.29, 1.82) is 0 Å². The summed E-state index contributed by atoms with van der Waals surface area (Å²) < 4.78 is 12.6. The molecule has 3 heteroatoms. The lowest BCUT2D eigenvalue weighted by atomic mass is 10.1. The zero-order chi connectivity index (χ0) is 9.26. The quantitative estimate of drug-likeness (QED) is 0.664. The van der Waals surface area contributed by atoms with E-state index in [2.05, 4.69) is 10.2 Å². The maximum Gasteiger partial charge on any atom is 0.123 e. The summed E-state index contributed by atoms with van der Waals surface area (Å²) in [5.41, 5.74) is 2.55. The molecule has 2 nitrogen and oxygen atoms in total. The van der Waals surface area contributed by atoms with Gasteiger partial charge in [-0.2, -0.15) is 0 Å². The van der Waals surface area contributed by atoms with Gasteiger partial charge in [-0.05, 0) is 24.6 Å². The van der Waals surface area contributed by atoms with Crippen molar-refractivity contribution >= 4 is 0 Å². The van der Waals surface area contributed by atoms with Gasteiger partial charge in [0.2, 0.25) is 0 Å². The largest absolute Gasteiger partial charge is 0.575 e. The second-order valence-electron chi connectivity index (χ2n) is 2.88. The van der Waals surface area contributed by atoms with E-state index in [1.54, 1.807) is 12.1 Å². The Kier molecular flexibility index (Phi) is 1.85. The first-order valence-electron chi connectivity index (χ1n) is 3.98. The van der Waals surface area contributed by atoms with Gasteiger partial charge in [0.1, 0.15) is 5.82 Å². The number of aryl methyl sites for hydroxylation is 1. The molecule has 0 radical (unpaired) electrons. The molecule has 0 aliphatic heterocycles. The molecular formula is C10H8FN2-. The van der Waals surface area contributed by atoms with Crippen LogP contribution < -0.4 is 5.10 Å². The molecular weight excluding hydrogens is 167 g/mol. The Morgan fingerprint density at radius 3 is 2.46 bits per heavy atom. The lowest BCUT2D eigenvalue weighted by Crippen LogP contribution is -1.81.